The summed E-state index contributed by atoms with van der Waals surface area (Å²) in [5, 5.41) is 0. The Morgan fingerprint density at radius 1 is 1.25 bits per heavy atom. The van der Waals surface area contributed by atoms with E-state index in [4.69, 9.17) is 5.73 Å². The van der Waals surface area contributed by atoms with Crippen LogP contribution in [0.2, 0.25) is 0 Å². The Kier molecular flexibility index (Phi) is 5.42. The number of hydrogen-bond acceptors (Lipinski definition) is 3. The minimum Gasteiger partial charge on any atom is -0.329 e. The highest BCUT2D eigenvalue weighted by molar-refractivity contribution is 7.89. The summed E-state index contributed by atoms with van der Waals surface area (Å²) in [6, 6.07) is 0.584. The molecule has 1 aliphatic heterocycles. The second-order valence-corrected chi connectivity index (χ2v) is 6.24. The molecule has 1 aliphatic rings. The minimum absolute atomic E-state index is 0. The smallest absolute Gasteiger partial charge is 0.243 e. The van der Waals surface area contributed by atoms with Crippen molar-refractivity contribution in [1.82, 2.24) is 4.31 Å². The van der Waals surface area contributed by atoms with Crippen LogP contribution in [-0.2, 0) is 10.0 Å². The van der Waals surface area contributed by atoms with Gasteiger partial charge in [-0.05, 0) is 25.0 Å². The van der Waals surface area contributed by atoms with E-state index in [1.807, 2.05) is 0 Å². The lowest BCUT2D eigenvalue weighted by Gasteiger charge is -2.22. The predicted molar refractivity (Wildman–Crippen MR) is 69.5 cm³/mol. The highest BCUT2D eigenvalue weighted by Gasteiger charge is 2.35. The Labute approximate surface area is 121 Å². The van der Waals surface area contributed by atoms with Crippen LogP contribution in [-0.4, -0.2) is 31.9 Å². The van der Waals surface area contributed by atoms with Gasteiger partial charge in [0.25, 0.3) is 0 Å². The van der Waals surface area contributed by atoms with E-state index < -0.39 is 32.4 Å². The van der Waals surface area contributed by atoms with Crippen molar-refractivity contribution in [3.8, 4) is 0 Å². The molecular weight excluding hydrogens is 317 g/mol. The third kappa shape index (κ3) is 2.93. The zero-order valence-electron chi connectivity index (χ0n) is 10.4. The molecule has 20 heavy (non-hydrogen) atoms. The zero-order chi connectivity index (χ0) is 14.2. The molecule has 1 unspecified atom stereocenters. The summed E-state index contributed by atoms with van der Waals surface area (Å²) < 4.78 is 64.6. The summed E-state index contributed by atoms with van der Waals surface area (Å²) in [7, 11) is -4.06. The van der Waals surface area contributed by atoms with Crippen molar-refractivity contribution in [2.45, 2.75) is 23.8 Å². The van der Waals surface area contributed by atoms with Crippen LogP contribution in [0.3, 0.4) is 0 Å². The van der Waals surface area contributed by atoms with Crippen LogP contribution >= 0.6 is 12.4 Å². The monoisotopic (exact) mass is 330 g/mol. The molecule has 0 spiro atoms. The molecule has 0 amide bonds. The predicted octanol–water partition coefficient (Wildman–Crippen LogP) is 1.64. The maximum atomic E-state index is 13.1. The van der Waals surface area contributed by atoms with E-state index in [1.54, 1.807) is 0 Å². The minimum atomic E-state index is -4.06. The fraction of sp³-hybridized carbons (Fsp3) is 0.455. The summed E-state index contributed by atoms with van der Waals surface area (Å²) in [5.74, 6) is -4.74. The number of hydrogen-bond donors (Lipinski definition) is 1. The van der Waals surface area contributed by atoms with Gasteiger partial charge in [0, 0.05) is 19.1 Å². The lowest BCUT2D eigenvalue weighted by atomic mass is 10.2. The van der Waals surface area contributed by atoms with E-state index in [0.29, 0.717) is 25.0 Å². The number of halogens is 4. The quantitative estimate of drug-likeness (QED) is 0.857. The van der Waals surface area contributed by atoms with Gasteiger partial charge in [0.05, 0.1) is 4.90 Å². The molecule has 114 valence electrons. The van der Waals surface area contributed by atoms with Gasteiger partial charge in [0.2, 0.25) is 10.0 Å². The molecule has 1 aromatic carbocycles. The molecule has 1 atom stereocenters. The Morgan fingerprint density at radius 2 is 1.80 bits per heavy atom. The van der Waals surface area contributed by atoms with E-state index in [9.17, 15) is 21.6 Å². The normalized spacial score (nSPS) is 19.9. The highest BCUT2D eigenvalue weighted by atomic mass is 35.5. The van der Waals surface area contributed by atoms with Gasteiger partial charge in [0.15, 0.2) is 17.5 Å². The fourth-order valence-corrected chi connectivity index (χ4v) is 3.91. The first-order chi connectivity index (χ1) is 8.87. The van der Waals surface area contributed by atoms with E-state index in [1.165, 1.54) is 0 Å². The van der Waals surface area contributed by atoms with Gasteiger partial charge < -0.3 is 5.73 Å². The largest absolute Gasteiger partial charge is 0.329 e. The van der Waals surface area contributed by atoms with Crippen molar-refractivity contribution < 1.29 is 21.6 Å². The van der Waals surface area contributed by atoms with Crippen LogP contribution in [0, 0.1) is 17.5 Å². The average molecular weight is 331 g/mol. The van der Waals surface area contributed by atoms with Gasteiger partial charge in [-0.3, -0.25) is 0 Å². The molecule has 0 saturated carbocycles. The maximum Gasteiger partial charge on any atom is 0.243 e. The van der Waals surface area contributed by atoms with Crippen LogP contribution in [0.4, 0.5) is 13.2 Å². The second kappa shape index (κ2) is 6.30. The SMILES string of the molecule is Cl.NCC1CCCN1S(=O)(=O)c1cc(F)c(F)c(F)c1. The van der Waals surface area contributed by atoms with Gasteiger partial charge >= 0.3 is 0 Å². The van der Waals surface area contributed by atoms with Crippen molar-refractivity contribution in [3.05, 3.63) is 29.6 Å². The van der Waals surface area contributed by atoms with Crippen LogP contribution in [0.1, 0.15) is 12.8 Å². The lowest BCUT2D eigenvalue weighted by Crippen LogP contribution is -2.39. The topological polar surface area (TPSA) is 63.4 Å². The van der Waals surface area contributed by atoms with E-state index >= 15 is 0 Å². The summed E-state index contributed by atoms with van der Waals surface area (Å²) in [6.45, 7) is 0.371. The average Bonchev–Trinajstić information content (AvgIpc) is 2.84. The molecule has 9 heteroatoms. The Balaban J connectivity index is 0.00000200. The summed E-state index contributed by atoms with van der Waals surface area (Å²) >= 11 is 0. The molecule has 1 fully saturated rings. The lowest BCUT2D eigenvalue weighted by molar-refractivity contribution is 0.390. The van der Waals surface area contributed by atoms with Crippen molar-refractivity contribution in [3.63, 3.8) is 0 Å². The fourth-order valence-electron chi connectivity index (χ4n) is 2.18. The molecule has 0 aromatic heterocycles. The van der Waals surface area contributed by atoms with Gasteiger partial charge in [-0.15, -0.1) is 12.4 Å². The van der Waals surface area contributed by atoms with Crippen molar-refractivity contribution in [2.75, 3.05) is 13.1 Å². The first-order valence-electron chi connectivity index (χ1n) is 5.74. The van der Waals surface area contributed by atoms with E-state index in [-0.39, 0.29) is 31.5 Å². The molecule has 1 saturated heterocycles. The van der Waals surface area contributed by atoms with Crippen molar-refractivity contribution in [2.24, 2.45) is 5.73 Å². The molecule has 1 aromatic rings. The van der Waals surface area contributed by atoms with Gasteiger partial charge in [-0.25, -0.2) is 21.6 Å². The van der Waals surface area contributed by atoms with Gasteiger partial charge in [-0.2, -0.15) is 4.31 Å². The Bertz CT molecular complexity index is 574. The first-order valence-corrected chi connectivity index (χ1v) is 7.18. The van der Waals surface area contributed by atoms with Gasteiger partial charge in [0.1, 0.15) is 0 Å². The molecule has 0 aliphatic carbocycles. The molecule has 0 radical (unpaired) electrons. The molecule has 2 N–H and O–H groups in total. The second-order valence-electron chi connectivity index (χ2n) is 4.35. The van der Waals surface area contributed by atoms with E-state index in [0.717, 1.165) is 4.31 Å². The van der Waals surface area contributed by atoms with Crippen LogP contribution < -0.4 is 5.73 Å². The van der Waals surface area contributed by atoms with Crippen LogP contribution in [0.5, 0.6) is 0 Å². The number of nitrogens with zero attached hydrogens (tertiary/aromatic N) is 1. The van der Waals surface area contributed by atoms with Crippen LogP contribution in [0.15, 0.2) is 17.0 Å². The molecular formula is C11H14ClF3N2O2S. The number of benzene rings is 1. The number of sulfonamides is 1. The molecule has 2 rings (SSSR count). The maximum absolute atomic E-state index is 13.1. The summed E-state index contributed by atoms with van der Waals surface area (Å²) in [5.41, 5.74) is 5.47. The van der Waals surface area contributed by atoms with Crippen molar-refractivity contribution in [1.29, 1.82) is 0 Å². The third-order valence-corrected chi connectivity index (χ3v) is 5.09. The number of nitrogens with two attached hydrogens (primary N) is 1. The van der Waals surface area contributed by atoms with Crippen LogP contribution in [0.25, 0.3) is 0 Å². The Hall–Kier alpha value is -0.830. The first kappa shape index (κ1) is 17.2. The zero-order valence-corrected chi connectivity index (χ0v) is 12.0. The molecule has 1 heterocycles. The standard InChI is InChI=1S/C11H13F3N2O2S.ClH/c12-9-4-8(5-10(13)11(9)14)19(17,18)16-3-1-2-7(16)6-15;/h4-5,7H,1-3,6,15H2;1H. The van der Waals surface area contributed by atoms with Gasteiger partial charge in [-0.1, -0.05) is 0 Å². The molecule has 4 nitrogen and oxygen atoms in total. The third-order valence-electron chi connectivity index (χ3n) is 3.16. The van der Waals surface area contributed by atoms with Crippen molar-refractivity contribution >= 4 is 22.4 Å². The molecule has 0 bridgehead atoms. The number of rotatable bonds is 3. The summed E-state index contributed by atoms with van der Waals surface area (Å²) in [6.07, 6.45) is 1.23. The highest BCUT2D eigenvalue weighted by Crippen LogP contribution is 2.27. The van der Waals surface area contributed by atoms with E-state index in [2.05, 4.69) is 0 Å². The summed E-state index contributed by atoms with van der Waals surface area (Å²) in [4.78, 5) is -0.593. The Morgan fingerprint density at radius 3 is 2.30 bits per heavy atom.